The molecule has 0 bridgehead atoms. The predicted molar refractivity (Wildman–Crippen MR) is 75.9 cm³/mol. The second kappa shape index (κ2) is 5.02. The Labute approximate surface area is 111 Å². The molecule has 1 aromatic carbocycles. The molecule has 0 spiro atoms. The average molecular weight is 247 g/mol. The Balaban J connectivity index is 2.30. The number of hydrogen-bond donors (Lipinski definition) is 1. The summed E-state index contributed by atoms with van der Waals surface area (Å²) in [6, 6.07) is 8.94. The third-order valence-electron chi connectivity index (χ3n) is 4.46. The first kappa shape index (κ1) is 13.6. The van der Waals surface area contributed by atoms with Crippen LogP contribution in [0.4, 0.5) is 0 Å². The Bertz CT molecular complexity index is 402. The SMILES string of the molecule is COCC(C)(C)c1cccc(C2(CN)CCC2)c1. The van der Waals surface area contributed by atoms with Gasteiger partial charge in [0.25, 0.3) is 0 Å². The van der Waals surface area contributed by atoms with E-state index in [0.717, 1.165) is 13.2 Å². The van der Waals surface area contributed by atoms with Crippen LogP contribution in [0.15, 0.2) is 24.3 Å². The van der Waals surface area contributed by atoms with E-state index in [-0.39, 0.29) is 10.8 Å². The zero-order valence-corrected chi connectivity index (χ0v) is 11.8. The van der Waals surface area contributed by atoms with Crippen molar-refractivity contribution in [3.63, 3.8) is 0 Å². The van der Waals surface area contributed by atoms with Crippen LogP contribution in [0.25, 0.3) is 0 Å². The van der Waals surface area contributed by atoms with E-state index in [2.05, 4.69) is 38.1 Å². The molecule has 1 saturated carbocycles. The molecule has 100 valence electrons. The van der Waals surface area contributed by atoms with Crippen molar-refractivity contribution in [3.05, 3.63) is 35.4 Å². The maximum Gasteiger partial charge on any atom is 0.0553 e. The normalized spacial score (nSPS) is 18.4. The topological polar surface area (TPSA) is 35.2 Å². The molecule has 2 rings (SSSR count). The van der Waals surface area contributed by atoms with Gasteiger partial charge in [-0.05, 0) is 24.0 Å². The smallest absolute Gasteiger partial charge is 0.0553 e. The summed E-state index contributed by atoms with van der Waals surface area (Å²) in [4.78, 5) is 0. The van der Waals surface area contributed by atoms with E-state index in [1.807, 2.05) is 0 Å². The van der Waals surface area contributed by atoms with Crippen LogP contribution in [0.5, 0.6) is 0 Å². The second-order valence-electron chi connectivity index (χ2n) is 6.24. The van der Waals surface area contributed by atoms with Crippen LogP contribution in [0, 0.1) is 0 Å². The van der Waals surface area contributed by atoms with E-state index in [0.29, 0.717) is 0 Å². The molecule has 0 aliphatic heterocycles. The lowest BCUT2D eigenvalue weighted by Crippen LogP contribution is -2.41. The van der Waals surface area contributed by atoms with E-state index in [9.17, 15) is 0 Å². The zero-order chi connectivity index (χ0) is 13.2. The summed E-state index contributed by atoms with van der Waals surface area (Å²) in [5, 5.41) is 0. The molecule has 2 heteroatoms. The minimum absolute atomic E-state index is 0.0598. The molecule has 0 unspecified atom stereocenters. The van der Waals surface area contributed by atoms with Crippen molar-refractivity contribution >= 4 is 0 Å². The predicted octanol–water partition coefficient (Wildman–Crippen LogP) is 2.99. The van der Waals surface area contributed by atoms with Crippen molar-refractivity contribution in [2.45, 2.75) is 43.9 Å². The number of hydrogen-bond acceptors (Lipinski definition) is 2. The van der Waals surface area contributed by atoms with Gasteiger partial charge in [-0.1, -0.05) is 44.5 Å². The minimum atomic E-state index is 0.0598. The lowest BCUT2D eigenvalue weighted by molar-refractivity contribution is 0.146. The van der Waals surface area contributed by atoms with E-state index in [1.165, 1.54) is 30.4 Å². The second-order valence-corrected chi connectivity index (χ2v) is 6.24. The molecule has 2 nitrogen and oxygen atoms in total. The van der Waals surface area contributed by atoms with E-state index in [4.69, 9.17) is 10.5 Å². The Kier molecular flexibility index (Phi) is 3.79. The van der Waals surface area contributed by atoms with Gasteiger partial charge in [0.15, 0.2) is 0 Å². The number of nitrogens with two attached hydrogens (primary N) is 1. The van der Waals surface area contributed by atoms with Gasteiger partial charge in [-0.25, -0.2) is 0 Å². The third-order valence-corrected chi connectivity index (χ3v) is 4.46. The summed E-state index contributed by atoms with van der Waals surface area (Å²) in [6.45, 7) is 5.96. The van der Waals surface area contributed by atoms with Crippen LogP contribution in [-0.2, 0) is 15.6 Å². The minimum Gasteiger partial charge on any atom is -0.384 e. The molecule has 1 aliphatic rings. The number of methoxy groups -OCH3 is 1. The molecule has 0 radical (unpaired) electrons. The van der Waals surface area contributed by atoms with Gasteiger partial charge < -0.3 is 10.5 Å². The molecular weight excluding hydrogens is 222 g/mol. The van der Waals surface area contributed by atoms with E-state index >= 15 is 0 Å². The summed E-state index contributed by atoms with van der Waals surface area (Å²) in [5.74, 6) is 0. The molecule has 1 aromatic rings. The Hall–Kier alpha value is -0.860. The molecule has 1 aliphatic carbocycles. The number of benzene rings is 1. The van der Waals surface area contributed by atoms with Gasteiger partial charge in [-0.15, -0.1) is 0 Å². The van der Waals surface area contributed by atoms with Crippen LogP contribution in [0.3, 0.4) is 0 Å². The molecule has 18 heavy (non-hydrogen) atoms. The van der Waals surface area contributed by atoms with Crippen molar-refractivity contribution < 1.29 is 4.74 Å². The fourth-order valence-corrected chi connectivity index (χ4v) is 2.93. The first-order valence-corrected chi connectivity index (χ1v) is 6.84. The summed E-state index contributed by atoms with van der Waals surface area (Å²) in [7, 11) is 1.76. The number of ether oxygens (including phenoxy) is 1. The summed E-state index contributed by atoms with van der Waals surface area (Å²) >= 11 is 0. The monoisotopic (exact) mass is 247 g/mol. The summed E-state index contributed by atoms with van der Waals surface area (Å²) < 4.78 is 5.33. The highest BCUT2D eigenvalue weighted by Crippen LogP contribution is 2.43. The van der Waals surface area contributed by atoms with Gasteiger partial charge in [-0.2, -0.15) is 0 Å². The van der Waals surface area contributed by atoms with Gasteiger partial charge in [0, 0.05) is 24.5 Å². The van der Waals surface area contributed by atoms with Crippen molar-refractivity contribution in [2.24, 2.45) is 5.73 Å². The Morgan fingerprint density at radius 1 is 1.33 bits per heavy atom. The van der Waals surface area contributed by atoms with E-state index < -0.39 is 0 Å². The molecule has 0 atom stereocenters. The quantitative estimate of drug-likeness (QED) is 0.868. The van der Waals surface area contributed by atoms with Crippen LogP contribution >= 0.6 is 0 Å². The highest BCUT2D eigenvalue weighted by Gasteiger charge is 2.37. The number of rotatable bonds is 5. The summed E-state index contributed by atoms with van der Waals surface area (Å²) in [6.07, 6.45) is 3.78. The van der Waals surface area contributed by atoms with Crippen LogP contribution in [-0.4, -0.2) is 20.3 Å². The molecule has 0 amide bonds. The van der Waals surface area contributed by atoms with Crippen molar-refractivity contribution in [1.29, 1.82) is 0 Å². The van der Waals surface area contributed by atoms with Crippen molar-refractivity contribution in [2.75, 3.05) is 20.3 Å². The zero-order valence-electron chi connectivity index (χ0n) is 11.8. The lowest BCUT2D eigenvalue weighted by Gasteiger charge is -2.42. The Morgan fingerprint density at radius 3 is 2.56 bits per heavy atom. The average Bonchev–Trinajstić information content (AvgIpc) is 2.29. The van der Waals surface area contributed by atoms with Gasteiger partial charge in [0.05, 0.1) is 6.61 Å². The summed E-state index contributed by atoms with van der Waals surface area (Å²) in [5.41, 5.74) is 9.07. The fourth-order valence-electron chi connectivity index (χ4n) is 2.93. The first-order valence-electron chi connectivity index (χ1n) is 6.84. The van der Waals surface area contributed by atoms with Crippen molar-refractivity contribution in [1.82, 2.24) is 0 Å². The van der Waals surface area contributed by atoms with E-state index in [1.54, 1.807) is 7.11 Å². The molecule has 0 heterocycles. The Morgan fingerprint density at radius 2 is 2.06 bits per heavy atom. The van der Waals surface area contributed by atoms with Gasteiger partial charge >= 0.3 is 0 Å². The molecule has 0 saturated heterocycles. The third kappa shape index (κ3) is 2.32. The lowest BCUT2D eigenvalue weighted by atomic mass is 9.64. The fraction of sp³-hybridized carbons (Fsp3) is 0.625. The maximum absolute atomic E-state index is 5.99. The van der Waals surface area contributed by atoms with Crippen LogP contribution in [0.1, 0.15) is 44.2 Å². The van der Waals surface area contributed by atoms with Gasteiger partial charge in [-0.3, -0.25) is 0 Å². The molecule has 0 aromatic heterocycles. The molecular formula is C16H25NO. The highest BCUT2D eigenvalue weighted by molar-refractivity contribution is 5.36. The largest absolute Gasteiger partial charge is 0.384 e. The van der Waals surface area contributed by atoms with Gasteiger partial charge in [0.2, 0.25) is 0 Å². The standard InChI is InChI=1S/C16H25NO/c1-15(2,12-18-3)13-6-4-7-14(10-13)16(11-17)8-5-9-16/h4,6-7,10H,5,8-9,11-12,17H2,1-3H3. The van der Waals surface area contributed by atoms with Crippen molar-refractivity contribution in [3.8, 4) is 0 Å². The van der Waals surface area contributed by atoms with Gasteiger partial charge in [0.1, 0.15) is 0 Å². The molecule has 1 fully saturated rings. The van der Waals surface area contributed by atoms with Crippen LogP contribution in [0.2, 0.25) is 0 Å². The van der Waals surface area contributed by atoms with Crippen LogP contribution < -0.4 is 5.73 Å². The highest BCUT2D eigenvalue weighted by atomic mass is 16.5. The first-order chi connectivity index (χ1) is 8.54. The molecule has 2 N–H and O–H groups in total. The maximum atomic E-state index is 5.99.